The van der Waals surface area contributed by atoms with Crippen LogP contribution in [0.3, 0.4) is 0 Å². The summed E-state index contributed by atoms with van der Waals surface area (Å²) >= 11 is 0. The van der Waals surface area contributed by atoms with E-state index in [-0.39, 0.29) is 24.1 Å². The van der Waals surface area contributed by atoms with Crippen LogP contribution in [0.15, 0.2) is 54.6 Å². The van der Waals surface area contributed by atoms with Gasteiger partial charge in [0.15, 0.2) is 0 Å². The van der Waals surface area contributed by atoms with Gasteiger partial charge in [0.05, 0.1) is 6.42 Å². The minimum atomic E-state index is -0.697. The second-order valence-electron chi connectivity index (χ2n) is 6.36. The second-order valence-corrected chi connectivity index (χ2v) is 6.36. The summed E-state index contributed by atoms with van der Waals surface area (Å²) in [5, 5.41) is 0. The van der Waals surface area contributed by atoms with Crippen LogP contribution in [0.1, 0.15) is 17.2 Å². The number of halogens is 1. The van der Waals surface area contributed by atoms with Crippen LogP contribution in [0, 0.1) is 5.82 Å². The Morgan fingerprint density at radius 3 is 2.15 bits per heavy atom. The van der Waals surface area contributed by atoms with Gasteiger partial charge in [-0.05, 0) is 17.2 Å². The van der Waals surface area contributed by atoms with E-state index in [1.165, 1.54) is 6.07 Å². The molecule has 0 aliphatic carbocycles. The van der Waals surface area contributed by atoms with Crippen LogP contribution in [-0.2, 0) is 16.0 Å². The van der Waals surface area contributed by atoms with E-state index in [2.05, 4.69) is 0 Å². The molecule has 136 valence electrons. The highest BCUT2D eigenvalue weighted by atomic mass is 19.1. The largest absolute Gasteiger partial charge is 0.339 e. The Morgan fingerprint density at radius 1 is 0.923 bits per heavy atom. The molecule has 5 nitrogen and oxygen atoms in total. The van der Waals surface area contributed by atoms with E-state index in [9.17, 15) is 14.0 Å². The lowest BCUT2D eigenvalue weighted by molar-refractivity contribution is -0.140. The molecular formula is C20H22FN3O2. The van der Waals surface area contributed by atoms with E-state index in [1.54, 1.807) is 28.0 Å². The fourth-order valence-corrected chi connectivity index (χ4v) is 3.09. The predicted molar refractivity (Wildman–Crippen MR) is 96.6 cm³/mol. The number of nitrogens with two attached hydrogens (primary N) is 1. The van der Waals surface area contributed by atoms with E-state index in [0.717, 1.165) is 5.56 Å². The van der Waals surface area contributed by atoms with E-state index in [0.29, 0.717) is 31.7 Å². The minimum absolute atomic E-state index is 0.0319. The quantitative estimate of drug-likeness (QED) is 0.908. The van der Waals surface area contributed by atoms with Gasteiger partial charge in [-0.15, -0.1) is 0 Å². The molecule has 2 aromatic carbocycles. The van der Waals surface area contributed by atoms with Gasteiger partial charge in [0, 0.05) is 26.2 Å². The van der Waals surface area contributed by atoms with E-state index in [4.69, 9.17) is 5.73 Å². The molecule has 6 heteroatoms. The number of piperazine rings is 1. The molecule has 1 unspecified atom stereocenters. The fraction of sp³-hybridized carbons (Fsp3) is 0.300. The summed E-state index contributed by atoms with van der Waals surface area (Å²) in [5.41, 5.74) is 7.23. The lowest BCUT2D eigenvalue weighted by Crippen LogP contribution is -2.52. The molecule has 1 saturated heterocycles. The zero-order valence-electron chi connectivity index (χ0n) is 14.5. The van der Waals surface area contributed by atoms with Gasteiger partial charge in [0.2, 0.25) is 11.8 Å². The van der Waals surface area contributed by atoms with Crippen molar-refractivity contribution in [3.05, 3.63) is 71.5 Å². The normalized spacial score (nSPS) is 15.6. The maximum atomic E-state index is 13.7. The van der Waals surface area contributed by atoms with E-state index < -0.39 is 6.04 Å². The lowest BCUT2D eigenvalue weighted by atomic mass is 10.1. The molecule has 1 fully saturated rings. The van der Waals surface area contributed by atoms with Gasteiger partial charge in [-0.3, -0.25) is 9.59 Å². The molecule has 1 aliphatic rings. The van der Waals surface area contributed by atoms with E-state index >= 15 is 0 Å². The topological polar surface area (TPSA) is 66.6 Å². The number of carbonyl (C=O) groups excluding carboxylic acids is 2. The van der Waals surface area contributed by atoms with Crippen molar-refractivity contribution in [2.24, 2.45) is 5.73 Å². The first-order valence-electron chi connectivity index (χ1n) is 8.67. The van der Waals surface area contributed by atoms with Gasteiger partial charge in [-0.2, -0.15) is 0 Å². The molecule has 3 rings (SSSR count). The molecule has 2 aromatic rings. The maximum Gasteiger partial charge on any atom is 0.244 e. The molecule has 1 heterocycles. The first-order chi connectivity index (χ1) is 12.6. The third kappa shape index (κ3) is 4.08. The zero-order valence-corrected chi connectivity index (χ0v) is 14.5. The van der Waals surface area contributed by atoms with Crippen molar-refractivity contribution in [1.82, 2.24) is 9.80 Å². The summed E-state index contributed by atoms with van der Waals surface area (Å²) in [6.07, 6.45) is 0.0319. The number of carbonyl (C=O) groups is 2. The van der Waals surface area contributed by atoms with Crippen LogP contribution in [0.5, 0.6) is 0 Å². The van der Waals surface area contributed by atoms with E-state index in [1.807, 2.05) is 30.3 Å². The third-order valence-corrected chi connectivity index (χ3v) is 4.67. The zero-order chi connectivity index (χ0) is 18.5. The number of rotatable bonds is 4. The molecule has 0 spiro atoms. The SMILES string of the molecule is NC(C(=O)N1CCN(C(=O)Cc2ccccc2F)CC1)c1ccccc1. The molecular weight excluding hydrogens is 333 g/mol. The smallest absolute Gasteiger partial charge is 0.244 e. The Hall–Kier alpha value is -2.73. The monoisotopic (exact) mass is 355 g/mol. The lowest BCUT2D eigenvalue weighted by Gasteiger charge is -2.36. The van der Waals surface area contributed by atoms with Crippen LogP contribution < -0.4 is 5.73 Å². The van der Waals surface area contributed by atoms with Crippen LogP contribution in [0.2, 0.25) is 0 Å². The number of benzene rings is 2. The summed E-state index contributed by atoms with van der Waals surface area (Å²) in [6, 6.07) is 14.8. The first kappa shape index (κ1) is 18.1. The average molecular weight is 355 g/mol. The number of nitrogens with zero attached hydrogens (tertiary/aromatic N) is 2. The Balaban J connectivity index is 1.54. The van der Waals surface area contributed by atoms with Crippen molar-refractivity contribution >= 4 is 11.8 Å². The van der Waals surface area contributed by atoms with Crippen molar-refractivity contribution in [2.75, 3.05) is 26.2 Å². The molecule has 1 aliphatic heterocycles. The van der Waals surface area contributed by atoms with Gasteiger partial charge in [-0.1, -0.05) is 48.5 Å². The summed E-state index contributed by atoms with van der Waals surface area (Å²) in [6.45, 7) is 1.73. The van der Waals surface area contributed by atoms with Crippen molar-refractivity contribution in [3.63, 3.8) is 0 Å². The second kappa shape index (κ2) is 8.10. The summed E-state index contributed by atoms with van der Waals surface area (Å²) < 4.78 is 13.7. The Labute approximate surface area is 152 Å². The molecule has 0 radical (unpaired) electrons. The van der Waals surface area contributed by atoms with Gasteiger partial charge in [0.25, 0.3) is 0 Å². The van der Waals surface area contributed by atoms with Crippen molar-refractivity contribution in [3.8, 4) is 0 Å². The van der Waals surface area contributed by atoms with Crippen LogP contribution in [-0.4, -0.2) is 47.8 Å². The molecule has 0 bridgehead atoms. The average Bonchev–Trinajstić information content (AvgIpc) is 2.69. The highest BCUT2D eigenvalue weighted by Gasteiger charge is 2.28. The van der Waals surface area contributed by atoms with Crippen molar-refractivity contribution < 1.29 is 14.0 Å². The van der Waals surface area contributed by atoms with Gasteiger partial charge in [-0.25, -0.2) is 4.39 Å². The first-order valence-corrected chi connectivity index (χ1v) is 8.67. The Morgan fingerprint density at radius 2 is 1.50 bits per heavy atom. The van der Waals surface area contributed by atoms with Crippen LogP contribution in [0.25, 0.3) is 0 Å². The summed E-state index contributed by atoms with van der Waals surface area (Å²) in [7, 11) is 0. The summed E-state index contributed by atoms with van der Waals surface area (Å²) in [5.74, 6) is -0.643. The predicted octanol–water partition coefficient (Wildman–Crippen LogP) is 1.74. The molecule has 26 heavy (non-hydrogen) atoms. The third-order valence-electron chi connectivity index (χ3n) is 4.67. The standard InChI is InChI=1S/C20H22FN3O2/c21-17-9-5-4-8-16(17)14-18(25)23-10-12-24(13-11-23)20(26)19(22)15-6-2-1-3-7-15/h1-9,19H,10-14,22H2. The number of hydrogen-bond acceptors (Lipinski definition) is 3. The highest BCUT2D eigenvalue weighted by Crippen LogP contribution is 2.15. The summed E-state index contributed by atoms with van der Waals surface area (Å²) in [4.78, 5) is 28.3. The van der Waals surface area contributed by atoms with Gasteiger partial charge < -0.3 is 15.5 Å². The number of hydrogen-bond donors (Lipinski definition) is 1. The van der Waals surface area contributed by atoms with Crippen LogP contribution >= 0.6 is 0 Å². The van der Waals surface area contributed by atoms with Gasteiger partial charge >= 0.3 is 0 Å². The Bertz CT molecular complexity index is 774. The maximum absolute atomic E-state index is 13.7. The van der Waals surface area contributed by atoms with Crippen molar-refractivity contribution in [1.29, 1.82) is 0 Å². The minimum Gasteiger partial charge on any atom is -0.339 e. The van der Waals surface area contributed by atoms with Gasteiger partial charge in [0.1, 0.15) is 11.9 Å². The van der Waals surface area contributed by atoms with Crippen molar-refractivity contribution in [2.45, 2.75) is 12.5 Å². The molecule has 2 amide bonds. The molecule has 2 N–H and O–H groups in total. The Kier molecular flexibility index (Phi) is 5.63. The van der Waals surface area contributed by atoms with Crippen LogP contribution in [0.4, 0.5) is 4.39 Å². The molecule has 0 saturated carbocycles. The highest BCUT2D eigenvalue weighted by molar-refractivity contribution is 5.84. The molecule has 1 atom stereocenters. The number of amides is 2. The fourth-order valence-electron chi connectivity index (χ4n) is 3.09. The molecule has 0 aromatic heterocycles.